The Balaban J connectivity index is 2.15. The van der Waals surface area contributed by atoms with E-state index in [1.165, 1.54) is 0 Å². The summed E-state index contributed by atoms with van der Waals surface area (Å²) in [6.07, 6.45) is 0.888. The fourth-order valence-electron chi connectivity index (χ4n) is 1.19. The van der Waals surface area contributed by atoms with Gasteiger partial charge < -0.3 is 21.1 Å². The van der Waals surface area contributed by atoms with Gasteiger partial charge in [0.25, 0.3) is 0 Å². The zero-order chi connectivity index (χ0) is 10.6. The SMILES string of the molecule is CC(C)(N)CNC(=O)NC1CCOC1. The average molecular weight is 201 g/mol. The fourth-order valence-corrected chi connectivity index (χ4v) is 1.19. The molecule has 1 aliphatic heterocycles. The highest BCUT2D eigenvalue weighted by atomic mass is 16.5. The molecule has 0 aliphatic carbocycles. The first-order valence-electron chi connectivity index (χ1n) is 4.88. The first kappa shape index (κ1) is 11.3. The van der Waals surface area contributed by atoms with Gasteiger partial charge in [0.1, 0.15) is 0 Å². The van der Waals surface area contributed by atoms with Crippen molar-refractivity contribution in [3.05, 3.63) is 0 Å². The maximum atomic E-state index is 11.3. The van der Waals surface area contributed by atoms with Gasteiger partial charge in [0.2, 0.25) is 0 Å². The fraction of sp³-hybridized carbons (Fsp3) is 0.889. The van der Waals surface area contributed by atoms with Gasteiger partial charge in [0.05, 0.1) is 12.6 Å². The molecule has 0 saturated carbocycles. The molecular weight excluding hydrogens is 182 g/mol. The Hall–Kier alpha value is -0.810. The molecule has 14 heavy (non-hydrogen) atoms. The number of carbonyl (C=O) groups excluding carboxylic acids is 1. The largest absolute Gasteiger partial charge is 0.379 e. The van der Waals surface area contributed by atoms with Crippen molar-refractivity contribution in [1.82, 2.24) is 10.6 Å². The summed E-state index contributed by atoms with van der Waals surface area (Å²) in [6.45, 7) is 5.54. The van der Waals surface area contributed by atoms with Crippen LogP contribution in [0.2, 0.25) is 0 Å². The monoisotopic (exact) mass is 201 g/mol. The maximum Gasteiger partial charge on any atom is 0.315 e. The summed E-state index contributed by atoms with van der Waals surface area (Å²) >= 11 is 0. The van der Waals surface area contributed by atoms with E-state index in [1.807, 2.05) is 13.8 Å². The minimum atomic E-state index is -0.372. The van der Waals surface area contributed by atoms with Crippen LogP contribution in [0.5, 0.6) is 0 Å². The number of urea groups is 1. The zero-order valence-corrected chi connectivity index (χ0v) is 8.80. The standard InChI is InChI=1S/C9H19N3O2/c1-9(2,10)6-11-8(13)12-7-3-4-14-5-7/h7H,3-6,10H2,1-2H3,(H2,11,12,13). The summed E-state index contributed by atoms with van der Waals surface area (Å²) in [6, 6.07) is -0.0186. The minimum absolute atomic E-state index is 0.149. The molecule has 5 heteroatoms. The number of hydrogen-bond acceptors (Lipinski definition) is 3. The number of amides is 2. The van der Waals surface area contributed by atoms with E-state index < -0.39 is 0 Å². The quantitative estimate of drug-likeness (QED) is 0.592. The highest BCUT2D eigenvalue weighted by Crippen LogP contribution is 2.02. The Morgan fingerprint density at radius 2 is 2.36 bits per heavy atom. The van der Waals surface area contributed by atoms with Gasteiger partial charge in [-0.25, -0.2) is 4.79 Å². The van der Waals surface area contributed by atoms with E-state index in [0.29, 0.717) is 13.2 Å². The highest BCUT2D eigenvalue weighted by molar-refractivity contribution is 5.74. The van der Waals surface area contributed by atoms with Crippen LogP contribution in [-0.4, -0.2) is 37.4 Å². The van der Waals surface area contributed by atoms with E-state index in [1.54, 1.807) is 0 Å². The Labute approximate surface area is 84.4 Å². The Morgan fingerprint density at radius 3 is 2.86 bits per heavy atom. The summed E-state index contributed by atoms with van der Waals surface area (Å²) in [4.78, 5) is 11.3. The van der Waals surface area contributed by atoms with E-state index in [-0.39, 0.29) is 17.6 Å². The molecule has 1 rings (SSSR count). The van der Waals surface area contributed by atoms with Crippen molar-refractivity contribution in [3.63, 3.8) is 0 Å². The first-order chi connectivity index (χ1) is 6.47. The predicted molar refractivity (Wildman–Crippen MR) is 54.0 cm³/mol. The van der Waals surface area contributed by atoms with E-state index in [9.17, 15) is 4.79 Å². The second kappa shape index (κ2) is 4.61. The van der Waals surface area contributed by atoms with Gasteiger partial charge in [-0.05, 0) is 20.3 Å². The van der Waals surface area contributed by atoms with Crippen molar-refractivity contribution in [3.8, 4) is 0 Å². The van der Waals surface area contributed by atoms with Crippen LogP contribution >= 0.6 is 0 Å². The maximum absolute atomic E-state index is 11.3. The molecule has 2 amide bonds. The molecule has 5 nitrogen and oxygen atoms in total. The van der Waals surface area contributed by atoms with Crippen LogP contribution in [0, 0.1) is 0 Å². The van der Waals surface area contributed by atoms with E-state index >= 15 is 0 Å². The normalized spacial score (nSPS) is 22.1. The van der Waals surface area contributed by atoms with Gasteiger partial charge in [-0.2, -0.15) is 0 Å². The van der Waals surface area contributed by atoms with Crippen molar-refractivity contribution in [1.29, 1.82) is 0 Å². The van der Waals surface area contributed by atoms with Crippen molar-refractivity contribution >= 4 is 6.03 Å². The summed E-state index contributed by atoms with van der Waals surface area (Å²) in [5, 5.41) is 5.54. The molecule has 1 heterocycles. The number of ether oxygens (including phenoxy) is 1. The summed E-state index contributed by atoms with van der Waals surface area (Å²) in [5.41, 5.74) is 5.35. The summed E-state index contributed by atoms with van der Waals surface area (Å²) < 4.78 is 5.14. The molecule has 0 aromatic heterocycles. The summed E-state index contributed by atoms with van der Waals surface area (Å²) in [5.74, 6) is 0. The number of hydrogen-bond donors (Lipinski definition) is 3. The number of carbonyl (C=O) groups is 1. The van der Waals surface area contributed by atoms with Gasteiger partial charge in [0.15, 0.2) is 0 Å². The van der Waals surface area contributed by atoms with Crippen molar-refractivity contribution < 1.29 is 9.53 Å². The van der Waals surface area contributed by atoms with E-state index in [0.717, 1.165) is 13.0 Å². The topological polar surface area (TPSA) is 76.4 Å². The van der Waals surface area contributed by atoms with Gasteiger partial charge in [-0.1, -0.05) is 0 Å². The molecular formula is C9H19N3O2. The lowest BCUT2D eigenvalue weighted by Gasteiger charge is -2.20. The van der Waals surface area contributed by atoms with Gasteiger partial charge in [-0.3, -0.25) is 0 Å². The molecule has 1 unspecified atom stereocenters. The van der Waals surface area contributed by atoms with Crippen LogP contribution in [0.25, 0.3) is 0 Å². The molecule has 4 N–H and O–H groups in total. The smallest absolute Gasteiger partial charge is 0.315 e. The minimum Gasteiger partial charge on any atom is -0.379 e. The Morgan fingerprint density at radius 1 is 1.64 bits per heavy atom. The van der Waals surface area contributed by atoms with Crippen molar-refractivity contribution in [2.45, 2.75) is 31.8 Å². The van der Waals surface area contributed by atoms with Crippen molar-refractivity contribution in [2.75, 3.05) is 19.8 Å². The third-order valence-electron chi connectivity index (χ3n) is 1.97. The van der Waals surface area contributed by atoms with Gasteiger partial charge >= 0.3 is 6.03 Å². The first-order valence-corrected chi connectivity index (χ1v) is 4.88. The van der Waals surface area contributed by atoms with Gasteiger partial charge in [0, 0.05) is 18.7 Å². The Bertz CT molecular complexity index is 195. The average Bonchev–Trinajstić information content (AvgIpc) is 2.52. The van der Waals surface area contributed by atoms with Crippen LogP contribution in [-0.2, 0) is 4.74 Å². The molecule has 1 saturated heterocycles. The van der Waals surface area contributed by atoms with Crippen LogP contribution < -0.4 is 16.4 Å². The van der Waals surface area contributed by atoms with Crippen molar-refractivity contribution in [2.24, 2.45) is 5.73 Å². The molecule has 0 bridgehead atoms. The zero-order valence-electron chi connectivity index (χ0n) is 8.80. The van der Waals surface area contributed by atoms with E-state index in [2.05, 4.69) is 10.6 Å². The van der Waals surface area contributed by atoms with Gasteiger partial charge in [-0.15, -0.1) is 0 Å². The molecule has 82 valence electrons. The molecule has 1 atom stereocenters. The number of nitrogens with one attached hydrogen (secondary N) is 2. The molecule has 0 aromatic carbocycles. The molecule has 0 radical (unpaired) electrons. The predicted octanol–water partition coefficient (Wildman–Crippen LogP) is -0.188. The third-order valence-corrected chi connectivity index (χ3v) is 1.97. The lowest BCUT2D eigenvalue weighted by atomic mass is 10.1. The molecule has 0 aromatic rings. The van der Waals surface area contributed by atoms with Crippen LogP contribution in [0.15, 0.2) is 0 Å². The summed E-state index contributed by atoms with van der Waals surface area (Å²) in [7, 11) is 0. The molecule has 1 aliphatic rings. The molecule has 0 spiro atoms. The second-order valence-electron chi connectivity index (χ2n) is 4.38. The number of rotatable bonds is 3. The van der Waals surface area contributed by atoms with Crippen LogP contribution in [0.1, 0.15) is 20.3 Å². The second-order valence-corrected chi connectivity index (χ2v) is 4.38. The molecule has 1 fully saturated rings. The Kier molecular flexibility index (Phi) is 3.71. The number of nitrogens with two attached hydrogens (primary N) is 1. The lowest BCUT2D eigenvalue weighted by Crippen LogP contribution is -2.50. The third kappa shape index (κ3) is 4.43. The van der Waals surface area contributed by atoms with Crippen LogP contribution in [0.4, 0.5) is 4.79 Å². The highest BCUT2D eigenvalue weighted by Gasteiger charge is 2.18. The lowest BCUT2D eigenvalue weighted by molar-refractivity contribution is 0.188. The van der Waals surface area contributed by atoms with Crippen LogP contribution in [0.3, 0.4) is 0 Å². The van der Waals surface area contributed by atoms with E-state index in [4.69, 9.17) is 10.5 Å².